The standard InChI is InChI=1S/C11H17BrO2/c1-14-10(13)11(9-3-2-4-9)5-8(6-11)7-12/h8-9H,2-7H2,1H3. The summed E-state index contributed by atoms with van der Waals surface area (Å²) >= 11 is 3.49. The Morgan fingerprint density at radius 3 is 2.50 bits per heavy atom. The van der Waals surface area contributed by atoms with Crippen LogP contribution in [0.15, 0.2) is 0 Å². The van der Waals surface area contributed by atoms with Crippen LogP contribution in [0.3, 0.4) is 0 Å². The summed E-state index contributed by atoms with van der Waals surface area (Å²) in [6, 6.07) is 0. The zero-order chi connectivity index (χ0) is 10.2. The van der Waals surface area contributed by atoms with Crippen LogP contribution in [0.4, 0.5) is 0 Å². The lowest BCUT2D eigenvalue weighted by atomic mass is 9.51. The van der Waals surface area contributed by atoms with E-state index >= 15 is 0 Å². The smallest absolute Gasteiger partial charge is 0.312 e. The summed E-state index contributed by atoms with van der Waals surface area (Å²) in [5.74, 6) is 1.35. The number of carbonyl (C=O) groups excluding carboxylic acids is 1. The molecule has 0 aromatic heterocycles. The van der Waals surface area contributed by atoms with E-state index < -0.39 is 0 Å². The van der Waals surface area contributed by atoms with Crippen molar-refractivity contribution < 1.29 is 9.53 Å². The van der Waals surface area contributed by atoms with E-state index in [-0.39, 0.29) is 11.4 Å². The van der Waals surface area contributed by atoms with Crippen molar-refractivity contribution in [2.75, 3.05) is 12.4 Å². The molecule has 0 bridgehead atoms. The zero-order valence-corrected chi connectivity index (χ0v) is 10.2. The van der Waals surface area contributed by atoms with Gasteiger partial charge in [0.1, 0.15) is 0 Å². The van der Waals surface area contributed by atoms with Crippen molar-refractivity contribution in [1.29, 1.82) is 0 Å². The lowest BCUT2D eigenvalue weighted by Crippen LogP contribution is -2.52. The molecular formula is C11H17BrO2. The number of halogens is 1. The van der Waals surface area contributed by atoms with Gasteiger partial charge in [-0.15, -0.1) is 0 Å². The van der Waals surface area contributed by atoms with Gasteiger partial charge in [-0.05, 0) is 37.5 Å². The fourth-order valence-corrected chi connectivity index (χ4v) is 3.37. The van der Waals surface area contributed by atoms with Gasteiger partial charge in [-0.25, -0.2) is 0 Å². The number of methoxy groups -OCH3 is 1. The average Bonchev–Trinajstić information content (AvgIpc) is 2.05. The monoisotopic (exact) mass is 260 g/mol. The molecule has 14 heavy (non-hydrogen) atoms. The third-order valence-corrected chi connectivity index (χ3v) is 4.92. The number of ether oxygens (including phenoxy) is 1. The molecule has 0 N–H and O–H groups in total. The summed E-state index contributed by atoms with van der Waals surface area (Å²) in [5, 5.41) is 1.03. The molecule has 3 heteroatoms. The minimum atomic E-state index is -0.0918. The minimum absolute atomic E-state index is 0.0411. The second-order valence-corrected chi connectivity index (χ2v) is 5.35. The summed E-state index contributed by atoms with van der Waals surface area (Å²) < 4.78 is 4.95. The van der Waals surface area contributed by atoms with Crippen LogP contribution in [0.2, 0.25) is 0 Å². The van der Waals surface area contributed by atoms with Crippen molar-refractivity contribution in [3.63, 3.8) is 0 Å². The molecule has 0 atom stereocenters. The van der Waals surface area contributed by atoms with E-state index in [1.165, 1.54) is 26.4 Å². The first-order valence-electron chi connectivity index (χ1n) is 5.37. The van der Waals surface area contributed by atoms with E-state index in [0.29, 0.717) is 11.8 Å². The lowest BCUT2D eigenvalue weighted by molar-refractivity contribution is -0.171. The Kier molecular flexibility index (Phi) is 2.87. The highest BCUT2D eigenvalue weighted by Gasteiger charge is 2.56. The molecular weight excluding hydrogens is 244 g/mol. The number of carbonyl (C=O) groups is 1. The number of alkyl halides is 1. The Hall–Kier alpha value is -0.0500. The molecule has 80 valence electrons. The van der Waals surface area contributed by atoms with Gasteiger partial charge in [0.25, 0.3) is 0 Å². The van der Waals surface area contributed by atoms with Gasteiger partial charge in [0, 0.05) is 5.33 Å². The maximum Gasteiger partial charge on any atom is 0.312 e. The topological polar surface area (TPSA) is 26.3 Å². The van der Waals surface area contributed by atoms with Crippen molar-refractivity contribution in [3.8, 4) is 0 Å². The van der Waals surface area contributed by atoms with Crippen LogP contribution in [0.5, 0.6) is 0 Å². The number of hydrogen-bond acceptors (Lipinski definition) is 2. The minimum Gasteiger partial charge on any atom is -0.469 e. The Bertz CT molecular complexity index is 229. The van der Waals surface area contributed by atoms with Crippen LogP contribution in [0.1, 0.15) is 32.1 Å². The van der Waals surface area contributed by atoms with E-state index in [2.05, 4.69) is 15.9 Å². The Balaban J connectivity index is 2.03. The van der Waals surface area contributed by atoms with Gasteiger partial charge in [-0.2, -0.15) is 0 Å². The van der Waals surface area contributed by atoms with Gasteiger partial charge in [0.15, 0.2) is 0 Å². The molecule has 0 radical (unpaired) electrons. The quantitative estimate of drug-likeness (QED) is 0.576. The molecule has 2 nitrogen and oxygen atoms in total. The third-order valence-electron chi connectivity index (χ3n) is 4.00. The van der Waals surface area contributed by atoms with Crippen molar-refractivity contribution in [1.82, 2.24) is 0 Å². The molecule has 2 fully saturated rings. The van der Waals surface area contributed by atoms with Gasteiger partial charge in [0.05, 0.1) is 12.5 Å². The Morgan fingerprint density at radius 2 is 2.14 bits per heavy atom. The Labute approximate surface area is 93.5 Å². The summed E-state index contributed by atoms with van der Waals surface area (Å²) in [5.41, 5.74) is -0.0918. The molecule has 2 aliphatic carbocycles. The van der Waals surface area contributed by atoms with E-state index in [1.54, 1.807) is 0 Å². The second kappa shape index (κ2) is 3.84. The van der Waals surface area contributed by atoms with Crippen LogP contribution < -0.4 is 0 Å². The van der Waals surface area contributed by atoms with Gasteiger partial charge in [0.2, 0.25) is 0 Å². The molecule has 0 saturated heterocycles. The summed E-state index contributed by atoms with van der Waals surface area (Å²) in [6.07, 6.45) is 5.82. The molecule has 2 rings (SSSR count). The largest absolute Gasteiger partial charge is 0.469 e. The van der Waals surface area contributed by atoms with Gasteiger partial charge < -0.3 is 4.74 Å². The fraction of sp³-hybridized carbons (Fsp3) is 0.909. The highest BCUT2D eigenvalue weighted by Crippen LogP contribution is 2.57. The van der Waals surface area contributed by atoms with E-state index in [1.807, 2.05) is 0 Å². The molecule has 0 amide bonds. The highest BCUT2D eigenvalue weighted by atomic mass is 79.9. The normalized spacial score (nSPS) is 37.1. The molecule has 0 aliphatic heterocycles. The molecule has 2 saturated carbocycles. The van der Waals surface area contributed by atoms with Gasteiger partial charge >= 0.3 is 5.97 Å². The fourth-order valence-electron chi connectivity index (χ4n) is 2.91. The summed E-state index contributed by atoms with van der Waals surface area (Å²) in [4.78, 5) is 11.8. The summed E-state index contributed by atoms with van der Waals surface area (Å²) in [7, 11) is 1.52. The second-order valence-electron chi connectivity index (χ2n) is 4.70. The predicted molar refractivity (Wildman–Crippen MR) is 58.3 cm³/mol. The lowest BCUT2D eigenvalue weighted by Gasteiger charge is -2.52. The molecule has 0 unspecified atom stereocenters. The van der Waals surface area contributed by atoms with Crippen molar-refractivity contribution in [2.45, 2.75) is 32.1 Å². The zero-order valence-electron chi connectivity index (χ0n) is 8.59. The van der Waals surface area contributed by atoms with Crippen LogP contribution in [0, 0.1) is 17.3 Å². The van der Waals surface area contributed by atoms with Crippen molar-refractivity contribution in [3.05, 3.63) is 0 Å². The number of rotatable bonds is 3. The van der Waals surface area contributed by atoms with E-state index in [0.717, 1.165) is 18.2 Å². The summed E-state index contributed by atoms with van der Waals surface area (Å²) in [6.45, 7) is 0. The van der Waals surface area contributed by atoms with Crippen LogP contribution >= 0.6 is 15.9 Å². The van der Waals surface area contributed by atoms with E-state index in [4.69, 9.17) is 4.74 Å². The highest BCUT2D eigenvalue weighted by molar-refractivity contribution is 9.09. The van der Waals surface area contributed by atoms with Gasteiger partial charge in [-0.3, -0.25) is 4.79 Å². The molecule has 0 aromatic rings. The number of esters is 1. The maximum absolute atomic E-state index is 11.8. The predicted octanol–water partition coefficient (Wildman–Crippen LogP) is 2.75. The molecule has 0 spiro atoms. The first-order valence-corrected chi connectivity index (χ1v) is 6.49. The van der Waals surface area contributed by atoms with Gasteiger partial charge in [-0.1, -0.05) is 22.4 Å². The number of hydrogen-bond donors (Lipinski definition) is 0. The van der Waals surface area contributed by atoms with Crippen LogP contribution in [-0.2, 0) is 9.53 Å². The molecule has 0 heterocycles. The molecule has 0 aromatic carbocycles. The van der Waals surface area contributed by atoms with Crippen LogP contribution in [-0.4, -0.2) is 18.4 Å². The third kappa shape index (κ3) is 1.40. The first kappa shape index (κ1) is 10.5. The van der Waals surface area contributed by atoms with Crippen molar-refractivity contribution >= 4 is 21.9 Å². The first-order chi connectivity index (χ1) is 6.73. The molecule has 2 aliphatic rings. The SMILES string of the molecule is COC(=O)C1(C2CCC2)CC(CBr)C1. The average molecular weight is 261 g/mol. The Morgan fingerprint density at radius 1 is 1.50 bits per heavy atom. The van der Waals surface area contributed by atoms with Crippen LogP contribution in [0.25, 0.3) is 0 Å². The van der Waals surface area contributed by atoms with E-state index in [9.17, 15) is 4.79 Å². The maximum atomic E-state index is 11.8. The van der Waals surface area contributed by atoms with Crippen molar-refractivity contribution in [2.24, 2.45) is 17.3 Å².